The minimum atomic E-state index is -1.87. The summed E-state index contributed by atoms with van der Waals surface area (Å²) in [7, 11) is 0. The van der Waals surface area contributed by atoms with Crippen LogP contribution in [0.5, 0.6) is 5.75 Å². The number of aliphatic hydroxyl groups excluding tert-OH is 1. The lowest BCUT2D eigenvalue weighted by Gasteiger charge is -2.33. The lowest BCUT2D eigenvalue weighted by Crippen LogP contribution is -2.63. The maximum atomic E-state index is 15.5. The van der Waals surface area contributed by atoms with Gasteiger partial charge in [-0.1, -0.05) is 98.2 Å². The number of phenols is 1. The molecular weight excluding hydrogens is 1320 g/mol. The molecule has 30 nitrogen and oxygen atoms in total. The van der Waals surface area contributed by atoms with Crippen LogP contribution in [0.1, 0.15) is 94.9 Å². The minimum absolute atomic E-state index is 0.000262. The van der Waals surface area contributed by atoms with E-state index in [1.807, 2.05) is 18.2 Å². The predicted octanol–water partition coefficient (Wildman–Crippen LogP) is 0.0515. The van der Waals surface area contributed by atoms with Crippen LogP contribution in [0.3, 0.4) is 0 Å². The topological polar surface area (TPSA) is 463 Å². The van der Waals surface area contributed by atoms with Crippen LogP contribution in [0.25, 0.3) is 10.8 Å². The van der Waals surface area contributed by atoms with Gasteiger partial charge in [0.2, 0.25) is 59.1 Å². The van der Waals surface area contributed by atoms with Crippen molar-refractivity contribution in [3.63, 3.8) is 0 Å². The minimum Gasteiger partial charge on any atom is -0.508 e. The number of phenolic OH excluding ortho intramolecular Hbond substituents is 1. The van der Waals surface area contributed by atoms with Crippen molar-refractivity contribution in [2.45, 2.75) is 159 Å². The molecule has 31 heteroatoms. The van der Waals surface area contributed by atoms with Gasteiger partial charge in [0, 0.05) is 69.7 Å². The van der Waals surface area contributed by atoms with E-state index in [-0.39, 0.29) is 108 Å². The number of imide groups is 1. The van der Waals surface area contributed by atoms with Crippen LogP contribution in [0, 0.1) is 5.92 Å². The third-order valence-electron chi connectivity index (χ3n) is 17.1. The number of amides is 13. The van der Waals surface area contributed by atoms with Gasteiger partial charge in [0.15, 0.2) is 5.96 Å². The van der Waals surface area contributed by atoms with Crippen molar-refractivity contribution < 1.29 is 67.7 Å². The van der Waals surface area contributed by atoms with Crippen LogP contribution in [0.2, 0.25) is 5.02 Å². The Bertz CT molecular complexity index is 3810. The van der Waals surface area contributed by atoms with E-state index < -0.39 is 138 Å². The smallest absolute Gasteiger partial charge is 0.312 e. The molecule has 0 saturated carbocycles. The molecule has 5 aromatic rings. The van der Waals surface area contributed by atoms with Gasteiger partial charge in [-0.15, -0.1) is 0 Å². The fourth-order valence-electron chi connectivity index (χ4n) is 12.0. The number of aliphatic imine (C=N–C) groups is 1. The van der Waals surface area contributed by atoms with Crippen molar-refractivity contribution in [1.82, 2.24) is 62.6 Å². The largest absolute Gasteiger partial charge is 0.508 e. The first-order valence-corrected chi connectivity index (χ1v) is 33.7. The van der Waals surface area contributed by atoms with E-state index in [2.05, 4.69) is 57.8 Å². The molecule has 540 valence electrons. The van der Waals surface area contributed by atoms with Crippen molar-refractivity contribution in [2.75, 3.05) is 26.2 Å². The van der Waals surface area contributed by atoms with E-state index in [0.29, 0.717) is 32.2 Å². The number of halogens is 1. The van der Waals surface area contributed by atoms with Gasteiger partial charge in [-0.25, -0.2) is 4.79 Å². The highest BCUT2D eigenvalue weighted by molar-refractivity contribution is 6.30. The average Bonchev–Trinajstić information content (AvgIpc) is 1.76. The zero-order valence-electron chi connectivity index (χ0n) is 56.6. The fourth-order valence-corrected chi connectivity index (χ4v) is 12.1. The number of fused-ring (bicyclic) bond motifs is 2. The first-order chi connectivity index (χ1) is 48.2. The second-order valence-electron chi connectivity index (χ2n) is 25.4. The molecule has 0 aliphatic carbocycles. The van der Waals surface area contributed by atoms with Crippen LogP contribution in [-0.2, 0) is 78.4 Å². The SMILES string of the molecule is CC(=O)N1C(=O)[C@@H](C)NC(=O)[C@@H]2CCCN2C(=O)[C@H](CCCN=C(N)N)NC(=O)[C@H](CC(C)C)NC(=O)[C@@H](CCCNC(N)=O)NC(=O)[C@H](Cc2ccc(O)cc2)NC(=O)[C@H](CO)NC(=O)[C@@H](Cc2cccnc2)NC(=O)[C@@H](Cc2ccc(Cl)cc2)NC(=O)[C@H]1Cc1ccc2ccccc2c1. The highest BCUT2D eigenvalue weighted by atomic mass is 35.5. The number of hydrogen-bond acceptors (Lipinski definition) is 16. The Morgan fingerprint density at radius 3 is 1.73 bits per heavy atom. The molecule has 10 atom stereocenters. The molecule has 7 rings (SSSR count). The molecule has 0 bridgehead atoms. The number of pyridine rings is 1. The van der Waals surface area contributed by atoms with Gasteiger partial charge in [0.25, 0.3) is 5.91 Å². The standard InChI is InChI=1S/C70H89ClN16O14/c1-39(2)31-52-60(92)80-51(15-9-28-76-69(72)73)68(100)86-30-10-16-57(86)65(97)78-40(3)67(99)87(41(4)89)58(36-44-17-22-46-12-5-6-13-47(46)32-44)66(98)84-54(33-42-18-23-48(71)24-19-42)62(94)82-55(35-45-11-7-27-75-37-45)63(95)85-56(38-88)64(96)83-53(34-43-20-25-49(90)26-21-43)61(93)79-50(59(91)81-52)14-8-29-77-70(74)101/h5-7,11-13,17-27,32,37,39-40,50-58,88,90H,8-10,14-16,28-31,33-36,38H2,1-4H3,(H,78,97)(H,79,93)(H,80,92)(H,81,91)(H,82,94)(H,83,96)(H,84,98)(H,85,95)(H4,72,73,76)(H3,74,77,101)/t40-,50-,51+,52+,53+,54-,55-,56+,57+,58-/m1/s1. The number of rotatable bonds is 19. The molecule has 0 unspecified atom stereocenters. The normalized spacial score (nSPS) is 22.8. The van der Waals surface area contributed by atoms with Crippen LogP contribution >= 0.6 is 11.6 Å². The van der Waals surface area contributed by atoms with Crippen LogP contribution in [-0.4, -0.2) is 189 Å². The number of primary amides is 1. The monoisotopic (exact) mass is 1410 g/mol. The van der Waals surface area contributed by atoms with Crippen molar-refractivity contribution in [2.24, 2.45) is 28.1 Å². The second kappa shape index (κ2) is 37.4. The maximum Gasteiger partial charge on any atom is 0.312 e. The van der Waals surface area contributed by atoms with Gasteiger partial charge < -0.3 is 80.2 Å². The van der Waals surface area contributed by atoms with E-state index >= 15 is 19.2 Å². The number of aliphatic hydroxyl groups is 1. The Morgan fingerprint density at radius 2 is 1.14 bits per heavy atom. The summed E-state index contributed by atoms with van der Waals surface area (Å²) in [5.41, 5.74) is 18.3. The predicted molar refractivity (Wildman–Crippen MR) is 373 cm³/mol. The number of nitrogens with zero attached hydrogens (tertiary/aromatic N) is 4. The number of urea groups is 1. The van der Waals surface area contributed by atoms with E-state index in [9.17, 15) is 48.6 Å². The number of benzene rings is 4. The van der Waals surface area contributed by atoms with Crippen LogP contribution in [0.15, 0.2) is 121 Å². The molecule has 17 N–H and O–H groups in total. The number of aromatic nitrogens is 1. The molecule has 2 saturated heterocycles. The van der Waals surface area contributed by atoms with Crippen LogP contribution < -0.4 is 65.1 Å². The number of nitrogens with two attached hydrogens (primary N) is 3. The fraction of sp³-hybridized carbons (Fsp3) is 0.429. The molecule has 4 aromatic carbocycles. The molecular formula is C70H89ClN16O14. The van der Waals surface area contributed by atoms with Gasteiger partial charge in [-0.2, -0.15) is 0 Å². The number of aromatic hydroxyl groups is 1. The highest BCUT2D eigenvalue weighted by Gasteiger charge is 2.43. The molecule has 0 spiro atoms. The lowest BCUT2D eigenvalue weighted by atomic mass is 9.98. The van der Waals surface area contributed by atoms with E-state index in [0.717, 1.165) is 17.7 Å². The molecule has 13 amide bonds. The third-order valence-corrected chi connectivity index (χ3v) is 17.4. The summed E-state index contributed by atoms with van der Waals surface area (Å²) >= 11 is 6.30. The van der Waals surface area contributed by atoms with Crippen molar-refractivity contribution in [3.8, 4) is 5.75 Å². The summed E-state index contributed by atoms with van der Waals surface area (Å²) in [4.78, 5) is 186. The summed E-state index contributed by atoms with van der Waals surface area (Å²) in [5, 5.41) is 46.7. The van der Waals surface area contributed by atoms with Gasteiger partial charge in [0.05, 0.1) is 6.61 Å². The maximum absolute atomic E-state index is 15.5. The highest BCUT2D eigenvalue weighted by Crippen LogP contribution is 2.24. The summed E-state index contributed by atoms with van der Waals surface area (Å²) < 4.78 is 0. The van der Waals surface area contributed by atoms with E-state index in [4.69, 9.17) is 28.8 Å². The van der Waals surface area contributed by atoms with Gasteiger partial charge in [0.1, 0.15) is 66.2 Å². The van der Waals surface area contributed by atoms with Crippen molar-refractivity contribution in [3.05, 3.63) is 143 Å². The quantitative estimate of drug-likeness (QED) is 0.0295. The number of hydrogen-bond donors (Lipinski definition) is 14. The van der Waals surface area contributed by atoms with Crippen LogP contribution in [0.4, 0.5) is 4.79 Å². The Balaban J connectivity index is 1.35. The molecule has 101 heavy (non-hydrogen) atoms. The second-order valence-corrected chi connectivity index (χ2v) is 25.9. The Hall–Kier alpha value is -10.8. The summed E-state index contributed by atoms with van der Waals surface area (Å²) in [5.74, 6) is -11.3. The number of carbonyl (C=O) groups excluding carboxylic acids is 12. The van der Waals surface area contributed by atoms with Gasteiger partial charge in [-0.3, -0.25) is 67.6 Å². The Morgan fingerprint density at radius 1 is 0.604 bits per heavy atom. The molecule has 2 aliphatic heterocycles. The lowest BCUT2D eigenvalue weighted by molar-refractivity contribution is -0.153. The first kappa shape index (κ1) is 77.6. The molecule has 2 fully saturated rings. The summed E-state index contributed by atoms with van der Waals surface area (Å²) in [6, 6.07) is 10.9. The van der Waals surface area contributed by atoms with Crippen molar-refractivity contribution >= 4 is 99.3 Å². The molecule has 3 heterocycles. The Kier molecular flexibility index (Phi) is 28.8. The van der Waals surface area contributed by atoms with E-state index in [1.165, 1.54) is 60.6 Å². The molecule has 1 aromatic heterocycles. The number of guanidine groups is 1. The number of carbonyl (C=O) groups is 12. The van der Waals surface area contributed by atoms with E-state index in [1.54, 1.807) is 62.4 Å². The zero-order valence-corrected chi connectivity index (χ0v) is 57.4. The molecule has 2 aliphatic rings. The number of nitrogens with one attached hydrogen (secondary N) is 9. The van der Waals surface area contributed by atoms with Gasteiger partial charge >= 0.3 is 6.03 Å². The zero-order chi connectivity index (χ0) is 73.4. The summed E-state index contributed by atoms with van der Waals surface area (Å²) in [6.45, 7) is 4.68. The first-order valence-electron chi connectivity index (χ1n) is 33.3. The average molecular weight is 1410 g/mol. The van der Waals surface area contributed by atoms with Gasteiger partial charge in [-0.05, 0) is 121 Å². The Labute approximate surface area is 588 Å². The van der Waals surface area contributed by atoms with Crippen molar-refractivity contribution in [1.29, 1.82) is 0 Å². The third kappa shape index (κ3) is 23.2. The molecule has 0 radical (unpaired) electrons. The summed E-state index contributed by atoms with van der Waals surface area (Å²) in [6.07, 6.45) is 1.70.